The zero-order valence-corrected chi connectivity index (χ0v) is 13.5. The smallest absolute Gasteiger partial charge is 0.0639 e. The summed E-state index contributed by atoms with van der Waals surface area (Å²) in [4.78, 5) is 5.02. The first kappa shape index (κ1) is 13.7. The molecule has 4 heteroatoms. The van der Waals surface area contributed by atoms with Crippen LogP contribution < -0.4 is 4.90 Å². The monoisotopic (exact) mass is 342 g/mol. The number of hydrogen-bond donors (Lipinski definition) is 0. The first-order valence-corrected chi connectivity index (χ1v) is 8.50. The molecule has 0 radical (unpaired) electrons. The fourth-order valence-corrected chi connectivity index (χ4v) is 3.83. The summed E-state index contributed by atoms with van der Waals surface area (Å²) in [5, 5.41) is 2.03. The topological polar surface area (TPSA) is 6.48 Å². The largest absolute Gasteiger partial charge is 0.368 e. The average Bonchev–Trinajstić information content (AvgIpc) is 3.21. The molecule has 1 aliphatic carbocycles. The Hall–Kier alpha value is -0.250. The molecule has 104 valence electrons. The molecular formula is C15H20BrClN2. The number of piperazine rings is 1. The van der Waals surface area contributed by atoms with Crippen LogP contribution in [0, 0.1) is 5.41 Å². The van der Waals surface area contributed by atoms with E-state index in [4.69, 9.17) is 11.6 Å². The molecule has 1 aromatic rings. The lowest BCUT2D eigenvalue weighted by molar-refractivity contribution is 0.218. The van der Waals surface area contributed by atoms with Crippen LogP contribution in [0.1, 0.15) is 12.8 Å². The van der Waals surface area contributed by atoms with Crippen LogP contribution in [0.25, 0.3) is 0 Å². The number of benzene rings is 1. The summed E-state index contributed by atoms with van der Waals surface area (Å²) >= 11 is 9.94. The van der Waals surface area contributed by atoms with Crippen LogP contribution in [-0.4, -0.2) is 43.0 Å². The quantitative estimate of drug-likeness (QED) is 0.770. The second kappa shape index (κ2) is 5.63. The van der Waals surface area contributed by atoms with E-state index in [1.165, 1.54) is 25.1 Å². The number of rotatable bonds is 4. The van der Waals surface area contributed by atoms with Crippen molar-refractivity contribution in [2.45, 2.75) is 12.8 Å². The third-order valence-corrected chi connectivity index (χ3v) is 5.87. The van der Waals surface area contributed by atoms with Crippen molar-refractivity contribution in [2.24, 2.45) is 5.41 Å². The molecule has 1 aromatic carbocycles. The standard InChI is InChI=1S/C15H20BrClN2/c16-11-15(5-6-15)12-18-7-9-19(10-8-18)14-4-2-1-3-13(14)17/h1-4H,5-12H2. The Kier molecular flexibility index (Phi) is 4.06. The molecule has 2 nitrogen and oxygen atoms in total. The summed E-state index contributed by atoms with van der Waals surface area (Å²) in [5.74, 6) is 0. The van der Waals surface area contributed by atoms with Gasteiger partial charge in [0.2, 0.25) is 0 Å². The highest BCUT2D eigenvalue weighted by Gasteiger charge is 2.43. The summed E-state index contributed by atoms with van der Waals surface area (Å²) in [6.07, 6.45) is 2.78. The fourth-order valence-electron chi connectivity index (χ4n) is 2.84. The van der Waals surface area contributed by atoms with Crippen molar-refractivity contribution in [1.29, 1.82) is 0 Å². The average molecular weight is 344 g/mol. The van der Waals surface area contributed by atoms with Crippen molar-refractivity contribution >= 4 is 33.2 Å². The normalized spacial score (nSPS) is 22.5. The van der Waals surface area contributed by atoms with E-state index >= 15 is 0 Å². The minimum absolute atomic E-state index is 0.590. The maximum Gasteiger partial charge on any atom is 0.0639 e. The molecule has 1 saturated heterocycles. The number of nitrogens with zero attached hydrogens (tertiary/aromatic N) is 2. The van der Waals surface area contributed by atoms with Crippen LogP contribution in [-0.2, 0) is 0 Å². The maximum absolute atomic E-state index is 6.27. The van der Waals surface area contributed by atoms with E-state index in [0.717, 1.165) is 36.5 Å². The molecule has 0 amide bonds. The molecular weight excluding hydrogens is 324 g/mol. The minimum atomic E-state index is 0.590. The summed E-state index contributed by atoms with van der Waals surface area (Å²) in [5.41, 5.74) is 1.78. The van der Waals surface area contributed by atoms with Crippen LogP contribution in [0.4, 0.5) is 5.69 Å². The van der Waals surface area contributed by atoms with Crippen LogP contribution in [0.2, 0.25) is 5.02 Å². The molecule has 0 N–H and O–H groups in total. The molecule has 1 heterocycles. The lowest BCUT2D eigenvalue weighted by Gasteiger charge is -2.37. The Morgan fingerprint density at radius 3 is 2.37 bits per heavy atom. The first-order valence-electron chi connectivity index (χ1n) is 7.00. The Labute approximate surface area is 128 Å². The van der Waals surface area contributed by atoms with Gasteiger partial charge in [-0.3, -0.25) is 4.90 Å². The predicted molar refractivity (Wildman–Crippen MR) is 85.6 cm³/mol. The number of halogens is 2. The summed E-state index contributed by atoms with van der Waals surface area (Å²) in [7, 11) is 0. The van der Waals surface area contributed by atoms with Crippen LogP contribution in [0.3, 0.4) is 0 Å². The van der Waals surface area contributed by atoms with E-state index < -0.39 is 0 Å². The summed E-state index contributed by atoms with van der Waals surface area (Å²) in [6, 6.07) is 8.17. The molecule has 2 fully saturated rings. The van der Waals surface area contributed by atoms with Gasteiger partial charge in [0.1, 0.15) is 0 Å². The molecule has 0 unspecified atom stereocenters. The number of anilines is 1. The van der Waals surface area contributed by atoms with E-state index in [2.05, 4.69) is 37.9 Å². The summed E-state index contributed by atoms with van der Waals surface area (Å²) < 4.78 is 0. The van der Waals surface area contributed by atoms with Crippen molar-refractivity contribution in [3.05, 3.63) is 29.3 Å². The molecule has 1 aliphatic heterocycles. The van der Waals surface area contributed by atoms with Crippen molar-refractivity contribution < 1.29 is 0 Å². The second-order valence-corrected chi connectivity index (χ2v) is 6.82. The second-order valence-electron chi connectivity index (χ2n) is 5.85. The highest BCUT2D eigenvalue weighted by molar-refractivity contribution is 9.09. The van der Waals surface area contributed by atoms with Crippen LogP contribution >= 0.6 is 27.5 Å². The van der Waals surface area contributed by atoms with Gasteiger partial charge in [-0.25, -0.2) is 0 Å². The van der Waals surface area contributed by atoms with Gasteiger partial charge >= 0.3 is 0 Å². The minimum Gasteiger partial charge on any atom is -0.368 e. The highest BCUT2D eigenvalue weighted by Crippen LogP contribution is 2.47. The molecule has 0 aromatic heterocycles. The molecule has 2 aliphatic rings. The molecule has 0 spiro atoms. The van der Waals surface area contributed by atoms with E-state index in [-0.39, 0.29) is 0 Å². The van der Waals surface area contributed by atoms with Crippen molar-refractivity contribution in [3.8, 4) is 0 Å². The van der Waals surface area contributed by atoms with Crippen LogP contribution in [0.5, 0.6) is 0 Å². The van der Waals surface area contributed by atoms with Crippen LogP contribution in [0.15, 0.2) is 24.3 Å². The lowest BCUT2D eigenvalue weighted by Crippen LogP contribution is -2.48. The van der Waals surface area contributed by atoms with E-state index in [0.29, 0.717) is 5.41 Å². The maximum atomic E-state index is 6.27. The Morgan fingerprint density at radius 1 is 1.11 bits per heavy atom. The molecule has 19 heavy (non-hydrogen) atoms. The van der Waals surface area contributed by atoms with Crippen molar-refractivity contribution in [1.82, 2.24) is 4.90 Å². The van der Waals surface area contributed by atoms with Gasteiger partial charge in [-0.15, -0.1) is 0 Å². The van der Waals surface area contributed by atoms with Gasteiger partial charge < -0.3 is 4.90 Å². The van der Waals surface area contributed by atoms with Gasteiger partial charge in [0.15, 0.2) is 0 Å². The van der Waals surface area contributed by atoms with Crippen molar-refractivity contribution in [3.63, 3.8) is 0 Å². The SMILES string of the molecule is Clc1ccccc1N1CCN(CC2(CBr)CC2)CC1. The zero-order valence-electron chi connectivity index (χ0n) is 11.1. The lowest BCUT2D eigenvalue weighted by atomic mass is 10.1. The third kappa shape index (κ3) is 3.09. The Balaban J connectivity index is 1.56. The van der Waals surface area contributed by atoms with Gasteiger partial charge in [-0.1, -0.05) is 39.7 Å². The number of hydrogen-bond acceptors (Lipinski definition) is 2. The van der Waals surface area contributed by atoms with Gasteiger partial charge in [-0.2, -0.15) is 0 Å². The van der Waals surface area contributed by atoms with Gasteiger partial charge in [0.25, 0.3) is 0 Å². The van der Waals surface area contributed by atoms with Gasteiger partial charge in [-0.05, 0) is 30.4 Å². The molecule has 0 atom stereocenters. The van der Waals surface area contributed by atoms with Gasteiger partial charge in [0.05, 0.1) is 10.7 Å². The van der Waals surface area contributed by atoms with E-state index in [1.54, 1.807) is 0 Å². The van der Waals surface area contributed by atoms with Crippen molar-refractivity contribution in [2.75, 3.05) is 43.0 Å². The third-order valence-electron chi connectivity index (χ3n) is 4.37. The van der Waals surface area contributed by atoms with E-state index in [9.17, 15) is 0 Å². The highest BCUT2D eigenvalue weighted by atomic mass is 79.9. The Morgan fingerprint density at radius 2 is 1.79 bits per heavy atom. The number of para-hydroxylation sites is 1. The molecule has 1 saturated carbocycles. The summed E-state index contributed by atoms with van der Waals surface area (Å²) in [6.45, 7) is 5.73. The Bertz CT molecular complexity index is 440. The molecule has 0 bridgehead atoms. The van der Waals surface area contributed by atoms with Gasteiger partial charge in [0, 0.05) is 38.1 Å². The molecule has 3 rings (SSSR count). The first-order chi connectivity index (χ1) is 9.22. The zero-order chi connectivity index (χ0) is 13.3. The fraction of sp³-hybridized carbons (Fsp3) is 0.600. The van der Waals surface area contributed by atoms with E-state index in [1.807, 2.05) is 12.1 Å². The number of alkyl halides is 1. The predicted octanol–water partition coefficient (Wildman–Crippen LogP) is 3.64.